The molecule has 0 unspecified atom stereocenters. The van der Waals surface area contributed by atoms with Gasteiger partial charge in [-0.25, -0.2) is 0 Å². The van der Waals surface area contributed by atoms with Gasteiger partial charge in [-0.05, 0) is 7.05 Å². The van der Waals surface area contributed by atoms with Crippen molar-refractivity contribution in [2.24, 2.45) is 11.5 Å². The summed E-state index contributed by atoms with van der Waals surface area (Å²) in [6.45, 7) is 0. The predicted molar refractivity (Wildman–Crippen MR) is 54.2 cm³/mol. The third kappa shape index (κ3) is 110. The number of hydrogen-bond acceptors (Lipinski definition) is 2. The normalized spacial score (nSPS) is 4.50. The molecule has 0 aromatic rings. The van der Waals surface area contributed by atoms with Crippen molar-refractivity contribution in [2.75, 3.05) is 7.05 Å². The molecule has 0 fully saturated rings. The summed E-state index contributed by atoms with van der Waals surface area (Å²) in [6.07, 6.45) is 0.250. The summed E-state index contributed by atoms with van der Waals surface area (Å²) in [6, 6.07) is 0. The van der Waals surface area contributed by atoms with Crippen LogP contribution in [0, 0.1) is 0 Å². The summed E-state index contributed by atoms with van der Waals surface area (Å²) >= 11 is 4.96. The minimum absolute atomic E-state index is 0.0233. The molecule has 0 atom stereocenters. The molecule has 0 rings (SSSR count). The zero-order chi connectivity index (χ0) is 7.41. The number of nitrogens with two attached hydrogens (primary N) is 2. The van der Waals surface area contributed by atoms with Gasteiger partial charge in [0.2, 0.25) is 6.41 Å². The minimum atomic E-state index is 0.0233. The molecule has 0 saturated carbocycles. The third-order valence-corrected chi connectivity index (χ3v) is 0. The first kappa shape index (κ1) is 16.4. The molecule has 0 aromatic carbocycles. The van der Waals surface area contributed by atoms with Crippen LogP contribution in [0.3, 0.4) is 0 Å². The average Bonchev–Trinajstić information content (AvgIpc) is 1.75. The first-order valence-corrected chi connectivity index (χ1v) is 23.4. The summed E-state index contributed by atoms with van der Waals surface area (Å²) < 4.78 is 0. The van der Waals surface area contributed by atoms with Crippen LogP contribution in [0.15, 0.2) is 0 Å². The van der Waals surface area contributed by atoms with E-state index in [0.29, 0.717) is 0 Å². The maximum absolute atomic E-state index is 8.58. The first-order chi connectivity index (χ1) is 3.83. The number of rotatable bonds is 0. The van der Waals surface area contributed by atoms with Crippen LogP contribution in [0.2, 0.25) is 0 Å². The summed E-state index contributed by atoms with van der Waals surface area (Å²) in [4.78, 5) is 8.58. The van der Waals surface area contributed by atoms with E-state index in [2.05, 4.69) is 47.0 Å². The van der Waals surface area contributed by atoms with E-state index in [9.17, 15) is 0 Å². The van der Waals surface area contributed by atoms with Gasteiger partial charge in [-0.15, -0.1) is 0 Å². The monoisotopic (exact) mass is 538 g/mol. The Kier molecular flexibility index (Phi) is 76.0. The Morgan fingerprint density at radius 3 is 1.50 bits per heavy atom. The van der Waals surface area contributed by atoms with Crippen molar-refractivity contribution in [3.8, 4) is 0 Å². The van der Waals surface area contributed by atoms with Gasteiger partial charge in [0.15, 0.2) is 0 Å². The number of carbonyl (C=O) groups is 1. The number of halogens is 2. The first-order valence-electron chi connectivity index (χ1n) is 1.52. The number of primary amides is 1. The topological polar surface area (TPSA) is 69.1 Å². The second-order valence-electron chi connectivity index (χ2n) is 0.208. The van der Waals surface area contributed by atoms with Crippen molar-refractivity contribution in [1.82, 2.24) is 0 Å². The van der Waals surface area contributed by atoms with Crippen molar-refractivity contribution in [2.45, 2.75) is 0 Å². The molecule has 2 radical (unpaired) electrons. The average molecular weight is 537 g/mol. The number of amides is 1. The third-order valence-electron chi connectivity index (χ3n) is 0. The molecule has 0 saturated heterocycles. The molecule has 1 amide bonds. The predicted octanol–water partition coefficient (Wildman–Crippen LogP) is 0.0670. The SMILES string of the molecule is CN.NC=O.[I][Pb][I]. The van der Waals surface area contributed by atoms with Crippen molar-refractivity contribution in [3.05, 3.63) is 0 Å². The summed E-state index contributed by atoms with van der Waals surface area (Å²) in [7, 11) is 1.50. The van der Waals surface area contributed by atoms with Crippen LogP contribution in [0.25, 0.3) is 0 Å². The molecule has 4 N–H and O–H groups in total. The summed E-state index contributed by atoms with van der Waals surface area (Å²) in [5.41, 5.74) is 8.67. The van der Waals surface area contributed by atoms with Crippen LogP contribution in [0.4, 0.5) is 0 Å². The van der Waals surface area contributed by atoms with Gasteiger partial charge in [0.05, 0.1) is 0 Å². The van der Waals surface area contributed by atoms with Crippen LogP contribution >= 0.6 is 35.5 Å². The molecule has 8 heavy (non-hydrogen) atoms. The molecule has 6 heteroatoms. The zero-order valence-corrected chi connectivity index (χ0v) is 12.6. The van der Waals surface area contributed by atoms with Gasteiger partial charge in [0, 0.05) is 0 Å². The Hall–Kier alpha value is 1.81. The van der Waals surface area contributed by atoms with E-state index in [-0.39, 0.29) is 22.1 Å². The van der Waals surface area contributed by atoms with E-state index in [0.717, 1.165) is 0 Å². The molecule has 0 spiro atoms. The van der Waals surface area contributed by atoms with Gasteiger partial charge < -0.3 is 11.5 Å². The van der Waals surface area contributed by atoms with Crippen molar-refractivity contribution < 1.29 is 4.79 Å². The molecule has 0 heterocycles. The summed E-state index contributed by atoms with van der Waals surface area (Å²) in [5.74, 6) is 0. The Bertz CT molecular complexity index is 32.0. The van der Waals surface area contributed by atoms with Gasteiger partial charge in [0.25, 0.3) is 0 Å². The molecule has 0 aliphatic rings. The number of carbonyl (C=O) groups excluding carboxylic acids is 1. The Morgan fingerprint density at radius 2 is 1.50 bits per heavy atom. The van der Waals surface area contributed by atoms with Crippen LogP contribution in [-0.2, 0) is 4.79 Å². The van der Waals surface area contributed by atoms with Crippen molar-refractivity contribution in [1.29, 1.82) is 0 Å². The molecule has 3 nitrogen and oxygen atoms in total. The Morgan fingerprint density at radius 1 is 1.50 bits per heavy atom. The van der Waals surface area contributed by atoms with Crippen LogP contribution in [0.1, 0.15) is 0 Å². The molecular formula is C2H8I2N2OPb. The van der Waals surface area contributed by atoms with Crippen molar-refractivity contribution >= 4 is 57.6 Å². The fourth-order valence-corrected chi connectivity index (χ4v) is 0. The maximum atomic E-state index is 8.58. The number of hydrogen-bond donors (Lipinski definition) is 2. The quantitative estimate of drug-likeness (QED) is 0.261. The molecule has 50 valence electrons. The molecule has 0 bridgehead atoms. The van der Waals surface area contributed by atoms with Gasteiger partial charge in [0.1, 0.15) is 0 Å². The second kappa shape index (κ2) is 37.0. The van der Waals surface area contributed by atoms with E-state index in [1.54, 1.807) is 0 Å². The van der Waals surface area contributed by atoms with E-state index in [4.69, 9.17) is 4.79 Å². The van der Waals surface area contributed by atoms with E-state index >= 15 is 0 Å². The fraction of sp³-hybridized carbons (Fsp3) is 0.500. The Labute approximate surface area is 79.4 Å². The standard InChI is InChI=1S/CH3NO.CH5N.2HI.Pb/c2-1-3;1-2;;;/h1H,(H2,2,3);2H2,1H3;2*1H;/q;;;;+2/p-2. The van der Waals surface area contributed by atoms with E-state index in [1.807, 2.05) is 0 Å². The van der Waals surface area contributed by atoms with Crippen LogP contribution in [-0.4, -0.2) is 29.1 Å². The van der Waals surface area contributed by atoms with Gasteiger partial charge in [-0.3, -0.25) is 4.79 Å². The second-order valence-corrected chi connectivity index (χ2v) is 28.3. The van der Waals surface area contributed by atoms with Crippen molar-refractivity contribution in [3.63, 3.8) is 0 Å². The van der Waals surface area contributed by atoms with Crippen LogP contribution < -0.4 is 11.5 Å². The zero-order valence-electron chi connectivity index (χ0n) is 4.40. The van der Waals surface area contributed by atoms with E-state index < -0.39 is 0 Å². The van der Waals surface area contributed by atoms with Gasteiger partial charge in [-0.1, -0.05) is 0 Å². The van der Waals surface area contributed by atoms with Crippen LogP contribution in [0.5, 0.6) is 0 Å². The van der Waals surface area contributed by atoms with E-state index in [1.165, 1.54) is 7.05 Å². The Balaban J connectivity index is -0.0000000483. The molecule has 0 aromatic heterocycles. The fourth-order valence-electron chi connectivity index (χ4n) is 0. The molecule has 0 aliphatic heterocycles. The summed E-state index contributed by atoms with van der Waals surface area (Å²) in [5, 5.41) is 0. The molecule has 0 aliphatic carbocycles. The molecular weight excluding hydrogens is 529 g/mol. The van der Waals surface area contributed by atoms with Gasteiger partial charge >= 0.3 is 51.2 Å². The van der Waals surface area contributed by atoms with Gasteiger partial charge in [-0.2, -0.15) is 0 Å².